The predicted molar refractivity (Wildman–Crippen MR) is 61.0 cm³/mol. The number of unbranched alkanes of at least 4 members (excludes halogenated alkanes) is 1. The first-order valence-corrected chi connectivity index (χ1v) is 6.70. The van der Waals surface area contributed by atoms with E-state index in [-0.39, 0.29) is 29.8 Å². The van der Waals surface area contributed by atoms with Gasteiger partial charge in [-0.1, -0.05) is 13.3 Å². The van der Waals surface area contributed by atoms with Gasteiger partial charge in [0.15, 0.2) is 0 Å². The lowest BCUT2D eigenvalue weighted by Gasteiger charge is -2.23. The van der Waals surface area contributed by atoms with Crippen LogP contribution in [0.4, 0.5) is 0 Å². The highest BCUT2D eigenvalue weighted by Gasteiger charge is 2.63. The minimum absolute atomic E-state index is 0.0771. The molecule has 4 nitrogen and oxygen atoms in total. The second-order valence-corrected chi connectivity index (χ2v) is 5.57. The Labute approximate surface area is 101 Å². The number of rotatable bonds is 4. The average molecular weight is 237 g/mol. The van der Waals surface area contributed by atoms with Crippen LogP contribution in [-0.4, -0.2) is 24.5 Å². The summed E-state index contributed by atoms with van der Waals surface area (Å²) in [5, 5.41) is 2.97. The van der Waals surface area contributed by atoms with Crippen molar-refractivity contribution in [2.75, 3.05) is 6.54 Å². The molecule has 0 aromatic heterocycles. The maximum atomic E-state index is 12.1. The molecule has 0 aromatic rings. The van der Waals surface area contributed by atoms with Crippen LogP contribution in [0.25, 0.3) is 0 Å². The van der Waals surface area contributed by atoms with Gasteiger partial charge in [0.05, 0.1) is 11.8 Å². The molecule has 94 valence electrons. The van der Waals surface area contributed by atoms with E-state index >= 15 is 0 Å². The summed E-state index contributed by atoms with van der Waals surface area (Å²) in [7, 11) is 0. The molecule has 2 bridgehead atoms. The van der Waals surface area contributed by atoms with E-state index in [1.807, 2.05) is 0 Å². The second-order valence-electron chi connectivity index (χ2n) is 5.57. The number of carbonyl (C=O) groups excluding carboxylic acids is 2. The van der Waals surface area contributed by atoms with Crippen molar-refractivity contribution >= 4 is 11.9 Å². The Morgan fingerprint density at radius 3 is 3.06 bits per heavy atom. The van der Waals surface area contributed by atoms with Gasteiger partial charge >= 0.3 is 5.97 Å². The number of ether oxygens (including phenoxy) is 1. The lowest BCUT2D eigenvalue weighted by molar-refractivity contribution is -0.146. The molecule has 17 heavy (non-hydrogen) atoms. The molecule has 1 saturated heterocycles. The molecule has 1 N–H and O–H groups in total. The SMILES string of the molecule is CCCCNC(=O)[C@H]1[C@@H]2C[C@@H]3[C@@H]1C(=O)O[C@@H]3C2. The molecule has 0 radical (unpaired) electrons. The van der Waals surface area contributed by atoms with Crippen molar-refractivity contribution in [1.29, 1.82) is 0 Å². The van der Waals surface area contributed by atoms with Crippen LogP contribution < -0.4 is 5.32 Å². The van der Waals surface area contributed by atoms with Crippen molar-refractivity contribution < 1.29 is 14.3 Å². The summed E-state index contributed by atoms with van der Waals surface area (Å²) in [5.41, 5.74) is 0. The Hall–Kier alpha value is -1.06. The van der Waals surface area contributed by atoms with E-state index in [2.05, 4.69) is 12.2 Å². The number of amides is 1. The molecule has 4 heteroatoms. The zero-order valence-electron chi connectivity index (χ0n) is 10.1. The molecular formula is C13H19NO3. The molecular weight excluding hydrogens is 218 g/mol. The second kappa shape index (κ2) is 4.00. The number of fused-ring (bicyclic) bond motifs is 1. The van der Waals surface area contributed by atoms with Gasteiger partial charge in [-0.2, -0.15) is 0 Å². The summed E-state index contributed by atoms with van der Waals surface area (Å²) in [5.74, 6) is 0.407. The lowest BCUT2D eigenvalue weighted by Crippen LogP contribution is -2.40. The molecule has 3 aliphatic rings. The first-order chi connectivity index (χ1) is 8.22. The smallest absolute Gasteiger partial charge is 0.310 e. The quantitative estimate of drug-likeness (QED) is 0.588. The van der Waals surface area contributed by atoms with E-state index < -0.39 is 0 Å². The van der Waals surface area contributed by atoms with Gasteiger partial charge in [-0.15, -0.1) is 0 Å². The molecule has 2 aliphatic carbocycles. The van der Waals surface area contributed by atoms with E-state index in [1.165, 1.54) is 0 Å². The predicted octanol–water partition coefficient (Wildman–Crippen LogP) is 1.10. The summed E-state index contributed by atoms with van der Waals surface area (Å²) in [6, 6.07) is 0. The van der Waals surface area contributed by atoms with Crippen LogP contribution >= 0.6 is 0 Å². The number of nitrogens with one attached hydrogen (secondary N) is 1. The third-order valence-electron chi connectivity index (χ3n) is 4.62. The third-order valence-corrected chi connectivity index (χ3v) is 4.62. The molecule has 1 heterocycles. The van der Waals surface area contributed by atoms with Gasteiger partial charge in [0.1, 0.15) is 6.10 Å². The zero-order valence-corrected chi connectivity index (χ0v) is 10.1. The van der Waals surface area contributed by atoms with Gasteiger partial charge in [-0.3, -0.25) is 9.59 Å². The van der Waals surface area contributed by atoms with Crippen molar-refractivity contribution in [3.05, 3.63) is 0 Å². The summed E-state index contributed by atoms with van der Waals surface area (Å²) in [4.78, 5) is 23.9. The van der Waals surface area contributed by atoms with Crippen molar-refractivity contribution in [3.8, 4) is 0 Å². The Bertz CT molecular complexity index is 353. The van der Waals surface area contributed by atoms with Gasteiger partial charge in [0.25, 0.3) is 0 Å². The fourth-order valence-corrected chi connectivity index (χ4v) is 3.87. The van der Waals surface area contributed by atoms with Crippen LogP contribution in [0.1, 0.15) is 32.6 Å². The molecule has 1 amide bonds. The van der Waals surface area contributed by atoms with Gasteiger partial charge < -0.3 is 10.1 Å². The van der Waals surface area contributed by atoms with E-state index in [0.717, 1.165) is 32.2 Å². The highest BCUT2D eigenvalue weighted by molar-refractivity contribution is 5.88. The Morgan fingerprint density at radius 2 is 2.29 bits per heavy atom. The summed E-state index contributed by atoms with van der Waals surface area (Å²) < 4.78 is 5.33. The fourth-order valence-electron chi connectivity index (χ4n) is 3.87. The van der Waals surface area contributed by atoms with Crippen LogP contribution in [0.2, 0.25) is 0 Å². The molecule has 0 aromatic carbocycles. The standard InChI is InChI=1S/C13H19NO3/c1-2-3-4-14-12(15)10-7-5-8-9(6-7)17-13(16)11(8)10/h7-11H,2-6H2,1H3,(H,14,15)/t7-,8+,9-,10+,11+/m1/s1. The maximum absolute atomic E-state index is 12.1. The summed E-state index contributed by atoms with van der Waals surface area (Å²) in [6.45, 7) is 2.83. The Morgan fingerprint density at radius 1 is 1.47 bits per heavy atom. The van der Waals surface area contributed by atoms with Gasteiger partial charge in [0, 0.05) is 12.5 Å². The third kappa shape index (κ3) is 1.57. The van der Waals surface area contributed by atoms with Crippen LogP contribution in [0.15, 0.2) is 0 Å². The highest BCUT2D eigenvalue weighted by Crippen LogP contribution is 2.57. The van der Waals surface area contributed by atoms with Crippen molar-refractivity contribution in [2.24, 2.45) is 23.7 Å². The summed E-state index contributed by atoms with van der Waals surface area (Å²) in [6.07, 6.45) is 4.11. The van der Waals surface area contributed by atoms with Crippen LogP contribution in [0.3, 0.4) is 0 Å². The molecule has 2 saturated carbocycles. The van der Waals surface area contributed by atoms with E-state index in [1.54, 1.807) is 0 Å². The zero-order chi connectivity index (χ0) is 12.0. The number of esters is 1. The minimum Gasteiger partial charge on any atom is -0.462 e. The Kier molecular flexibility index (Phi) is 2.60. The monoisotopic (exact) mass is 237 g/mol. The molecule has 0 unspecified atom stereocenters. The molecule has 1 aliphatic heterocycles. The average Bonchev–Trinajstić information content (AvgIpc) is 2.89. The fraction of sp³-hybridized carbons (Fsp3) is 0.846. The number of carbonyl (C=O) groups is 2. The minimum atomic E-state index is -0.139. The van der Waals surface area contributed by atoms with Crippen LogP contribution in [-0.2, 0) is 14.3 Å². The summed E-state index contributed by atoms with van der Waals surface area (Å²) >= 11 is 0. The molecule has 5 atom stereocenters. The largest absolute Gasteiger partial charge is 0.462 e. The number of hydrogen-bond donors (Lipinski definition) is 1. The van der Waals surface area contributed by atoms with Crippen LogP contribution in [0.5, 0.6) is 0 Å². The van der Waals surface area contributed by atoms with E-state index in [0.29, 0.717) is 11.8 Å². The topological polar surface area (TPSA) is 55.4 Å². The van der Waals surface area contributed by atoms with Gasteiger partial charge in [-0.05, 0) is 25.2 Å². The van der Waals surface area contributed by atoms with Crippen molar-refractivity contribution in [1.82, 2.24) is 5.32 Å². The maximum Gasteiger partial charge on any atom is 0.310 e. The normalized spacial score (nSPS) is 41.7. The number of hydrogen-bond acceptors (Lipinski definition) is 3. The van der Waals surface area contributed by atoms with E-state index in [9.17, 15) is 9.59 Å². The van der Waals surface area contributed by atoms with Crippen LogP contribution in [0, 0.1) is 23.7 Å². The van der Waals surface area contributed by atoms with Gasteiger partial charge in [-0.25, -0.2) is 0 Å². The lowest BCUT2D eigenvalue weighted by atomic mass is 9.79. The van der Waals surface area contributed by atoms with E-state index in [4.69, 9.17) is 4.74 Å². The molecule has 3 fully saturated rings. The van der Waals surface area contributed by atoms with Gasteiger partial charge in [0.2, 0.25) is 5.91 Å². The van der Waals surface area contributed by atoms with Crippen molar-refractivity contribution in [3.63, 3.8) is 0 Å². The Balaban J connectivity index is 1.68. The van der Waals surface area contributed by atoms with Crippen molar-refractivity contribution in [2.45, 2.75) is 38.7 Å². The first kappa shape index (κ1) is 11.1. The first-order valence-electron chi connectivity index (χ1n) is 6.70. The molecule has 3 rings (SSSR count). The molecule has 0 spiro atoms. The highest BCUT2D eigenvalue weighted by atomic mass is 16.6.